The van der Waals surface area contributed by atoms with Crippen LogP contribution in [-0.2, 0) is 0 Å². The van der Waals surface area contributed by atoms with E-state index in [9.17, 15) is 0 Å². The molecule has 0 amide bonds. The molecule has 0 saturated carbocycles. The summed E-state index contributed by atoms with van der Waals surface area (Å²) in [5.41, 5.74) is 0. The summed E-state index contributed by atoms with van der Waals surface area (Å²) < 4.78 is 7.70. The molecule has 11 heavy (non-hydrogen) atoms. The zero-order valence-corrected chi connectivity index (χ0v) is 9.28. The molecule has 0 aromatic rings. The lowest BCUT2D eigenvalue weighted by Crippen LogP contribution is -2.77. The van der Waals surface area contributed by atoms with Crippen LogP contribution < -0.4 is 5.32 Å². The molecule has 0 rings (SSSR count). The van der Waals surface area contributed by atoms with Crippen LogP contribution in [0.4, 0.5) is 0 Å². The number of hydrogen-bond donors (Lipinski definition) is 2. The van der Waals surface area contributed by atoms with Gasteiger partial charge in [0.2, 0.25) is 0 Å². The van der Waals surface area contributed by atoms with Crippen molar-refractivity contribution in [3.05, 3.63) is 0 Å². The van der Waals surface area contributed by atoms with Gasteiger partial charge in [-0.05, 0) is 10.8 Å². The Balaban J connectivity index is 3.62. The Bertz CT molecular complexity index is 292. The van der Waals surface area contributed by atoms with Crippen molar-refractivity contribution in [2.45, 2.75) is 0 Å². The maximum atomic E-state index is 6.90. The van der Waals surface area contributed by atoms with Gasteiger partial charge in [0.25, 0.3) is 0 Å². The van der Waals surface area contributed by atoms with Gasteiger partial charge in [0.05, 0.1) is 0 Å². The molecule has 0 fully saturated rings. The van der Waals surface area contributed by atoms with Crippen LogP contribution in [0, 0.1) is 38.1 Å². The lowest BCUT2D eigenvalue weighted by molar-refractivity contribution is -0.540. The van der Waals surface area contributed by atoms with Crippen LogP contribution in [0.1, 0.15) is 0 Å². The highest BCUT2D eigenvalue weighted by Gasteiger charge is 1.72. The average Bonchev–Trinajstić information content (AvgIpc) is 2.03. The van der Waals surface area contributed by atoms with Gasteiger partial charge in [-0.25, -0.2) is 0 Å². The first-order valence-corrected chi connectivity index (χ1v) is 5.99. The van der Waals surface area contributed by atoms with Crippen molar-refractivity contribution in [2.75, 3.05) is 4.55 Å². The van der Waals surface area contributed by atoms with E-state index in [1.54, 1.807) is 5.32 Å². The van der Waals surface area contributed by atoms with Crippen LogP contribution in [-0.4, -0.2) is 4.55 Å². The lowest BCUT2D eigenvalue weighted by atomic mass is 10.6. The van der Waals surface area contributed by atoms with Gasteiger partial charge >= 0.3 is 0 Å². The molecule has 2 nitrogen and oxygen atoms in total. The van der Waals surface area contributed by atoms with Gasteiger partial charge in [0.15, 0.2) is 0 Å². The van der Waals surface area contributed by atoms with E-state index in [1.165, 1.54) is 0 Å². The summed E-state index contributed by atoms with van der Waals surface area (Å²) in [6.45, 7) is 0. The zero-order valence-electron chi connectivity index (χ0n) is 5.54. The van der Waals surface area contributed by atoms with Crippen molar-refractivity contribution in [3.8, 4) is 34.6 Å². The summed E-state index contributed by atoms with van der Waals surface area (Å²) in [6.07, 6.45) is 0. The van der Waals surface area contributed by atoms with E-state index in [0.29, 0.717) is 0 Å². The van der Waals surface area contributed by atoms with Crippen LogP contribution in [0.5, 0.6) is 0 Å². The minimum atomic E-state index is -0.414. The van der Waals surface area contributed by atoms with Crippen molar-refractivity contribution >= 4 is 37.0 Å². The first-order chi connectivity index (χ1) is 5.41. The third kappa shape index (κ3) is 9.65. The zero-order chi connectivity index (χ0) is 8.36. The molecule has 4 heteroatoms. The van der Waals surface area contributed by atoms with Gasteiger partial charge in [-0.2, -0.15) is 0 Å². The second-order valence-electron chi connectivity index (χ2n) is 1.23. The van der Waals surface area contributed by atoms with Gasteiger partial charge in [0, 0.05) is 54.7 Å². The maximum Gasteiger partial charge on any atom is 0.150 e. The van der Waals surface area contributed by atoms with Crippen molar-refractivity contribution in [3.63, 3.8) is 0 Å². The van der Waals surface area contributed by atoms with Crippen LogP contribution >= 0.6 is 37.0 Å². The predicted molar refractivity (Wildman–Crippen MR) is 55.8 cm³/mol. The molecule has 0 unspecified atom stereocenters. The Morgan fingerprint density at radius 3 is 2.64 bits per heavy atom. The fourth-order valence-corrected chi connectivity index (χ4v) is 0.790. The number of hydrogen-bond acceptors (Lipinski definition) is 1. The number of rotatable bonds is 2. The van der Waals surface area contributed by atoms with Gasteiger partial charge < -0.3 is 0 Å². The topological polar surface area (TPSA) is 40.5 Å². The molecular weight excluding hydrogens is 319 g/mol. The Labute approximate surface area is 84.6 Å². The summed E-state index contributed by atoms with van der Waals surface area (Å²) in [7, 11) is 0. The number of nitrogens with two attached hydrogens (primary N) is 1. The molecule has 0 aliphatic carbocycles. The molecule has 0 saturated heterocycles. The van der Waals surface area contributed by atoms with Crippen LogP contribution in [0.25, 0.3) is 0 Å². The molecule has 0 aliphatic heterocycles. The first-order valence-electron chi connectivity index (χ1n) is 2.59. The average molecular weight is 324 g/mol. The second-order valence-corrected chi connectivity index (χ2v) is 3.27. The van der Waals surface area contributed by atoms with Crippen LogP contribution in [0.15, 0.2) is 0 Å². The summed E-state index contributed by atoms with van der Waals surface area (Å²) in [5, 5.41) is 1.77. The molecule has 0 heterocycles. The monoisotopic (exact) mass is 323 g/mol. The summed E-state index contributed by atoms with van der Waals surface area (Å²) in [4.78, 5) is 2.46. The number of halogens is 2. The van der Waals surface area contributed by atoms with Crippen molar-refractivity contribution < 1.29 is 5.32 Å². The molecule has 0 aromatic carbocycles. The molecule has 0 aromatic heterocycles. The highest BCUT2D eigenvalue weighted by atomic mass is 127. The Morgan fingerprint density at radius 2 is 2.00 bits per heavy atom. The molecule has 0 bridgehead atoms. The third-order valence-electron chi connectivity index (χ3n) is 0.563. The van der Waals surface area contributed by atoms with E-state index in [4.69, 9.17) is 3.56 Å². The number of alkyl halides is 1. The fraction of sp³-hybridized carbons (Fsp3) is 0.143. The van der Waals surface area contributed by atoms with E-state index in [2.05, 4.69) is 50.5 Å². The van der Waals surface area contributed by atoms with Crippen molar-refractivity contribution in [2.24, 2.45) is 0 Å². The Hall–Kier alpha value is -0.350. The highest BCUT2D eigenvalue weighted by Crippen LogP contribution is 1.78. The number of nitrogens with one attached hydrogen (secondary N) is 1. The standard InChI is InChI=1S/C7H4BrIN2/c8-5-3-1-2-4-6-11-7-9-10/h10-11H,7H2/p+1. The fourth-order valence-electron chi connectivity index (χ4n) is 0.250. The molecule has 0 atom stereocenters. The Morgan fingerprint density at radius 1 is 1.27 bits per heavy atom. The van der Waals surface area contributed by atoms with E-state index in [1.807, 2.05) is 0 Å². The third-order valence-corrected chi connectivity index (χ3v) is 1.64. The van der Waals surface area contributed by atoms with Gasteiger partial charge in [-0.1, -0.05) is 0 Å². The van der Waals surface area contributed by atoms with E-state index in [0.717, 1.165) is 4.55 Å². The summed E-state index contributed by atoms with van der Waals surface area (Å²) >= 11 is 2.49. The van der Waals surface area contributed by atoms with Crippen molar-refractivity contribution in [1.29, 1.82) is 3.56 Å². The van der Waals surface area contributed by atoms with Gasteiger partial charge in [-0.15, -0.1) is 0 Å². The van der Waals surface area contributed by atoms with Crippen LogP contribution in [0.3, 0.4) is 0 Å². The smallest absolute Gasteiger partial charge is 0.150 e. The molecule has 0 radical (unpaired) electrons. The quantitative estimate of drug-likeness (QED) is 0.245. The molecule has 0 aliphatic rings. The predicted octanol–water partition coefficient (Wildman–Crippen LogP) is 0.560. The minimum absolute atomic E-state index is 0.414. The van der Waals surface area contributed by atoms with Crippen LogP contribution in [0.2, 0.25) is 0 Å². The van der Waals surface area contributed by atoms with Gasteiger partial charge in [0.1, 0.15) is 10.6 Å². The van der Waals surface area contributed by atoms with E-state index < -0.39 is 21.0 Å². The van der Waals surface area contributed by atoms with Gasteiger partial charge in [-0.3, -0.25) is 8.88 Å². The normalized spacial score (nSPS) is 5.91. The lowest BCUT2D eigenvalue weighted by Gasteiger charge is -1.73. The van der Waals surface area contributed by atoms with Crippen molar-refractivity contribution in [1.82, 2.24) is 0 Å². The summed E-state index contributed by atoms with van der Waals surface area (Å²) in [6, 6.07) is 2.72. The Kier molecular flexibility index (Phi) is 9.34. The second kappa shape index (κ2) is 9.65. The first kappa shape index (κ1) is 10.7. The molecule has 0 spiro atoms. The molecule has 3 N–H and O–H groups in total. The summed E-state index contributed by atoms with van der Waals surface area (Å²) in [5.74, 6) is 10.2. The van der Waals surface area contributed by atoms with E-state index >= 15 is 0 Å². The molecular formula is C7H5BrIN2+. The largest absolute Gasteiger partial charge is 0.274 e. The van der Waals surface area contributed by atoms with E-state index in [-0.39, 0.29) is 0 Å². The SMILES string of the molecule is N=IC[NH2+]C#CC#CC#CBr. The number of quaternary nitrogens is 1. The minimum Gasteiger partial charge on any atom is -0.274 e. The maximum absolute atomic E-state index is 6.90. The highest BCUT2D eigenvalue weighted by molar-refractivity contribution is 14.1. The molecule has 56 valence electrons.